The number of hydrogen-bond acceptors (Lipinski definition) is 7. The summed E-state index contributed by atoms with van der Waals surface area (Å²) < 4.78 is 12.5. The second-order valence-electron chi connectivity index (χ2n) is 7.69. The summed E-state index contributed by atoms with van der Waals surface area (Å²) in [6, 6.07) is 23.3. The lowest BCUT2D eigenvalue weighted by Gasteiger charge is -2.13. The van der Waals surface area contributed by atoms with Crippen LogP contribution in [0.3, 0.4) is 0 Å². The number of nitrogens with zero attached hydrogens (tertiary/aromatic N) is 3. The number of benzene rings is 3. The molecule has 35 heavy (non-hydrogen) atoms. The van der Waals surface area contributed by atoms with E-state index in [1.807, 2.05) is 47.0 Å². The molecule has 0 saturated carbocycles. The predicted octanol–water partition coefficient (Wildman–Crippen LogP) is 4.94. The molecule has 4 aromatic rings. The predicted molar refractivity (Wildman–Crippen MR) is 139 cm³/mol. The van der Waals surface area contributed by atoms with Gasteiger partial charge in [-0.2, -0.15) is 0 Å². The molecular weight excluding hydrogens is 462 g/mol. The van der Waals surface area contributed by atoms with Crippen LogP contribution in [0.5, 0.6) is 11.5 Å². The van der Waals surface area contributed by atoms with E-state index in [-0.39, 0.29) is 11.7 Å². The van der Waals surface area contributed by atoms with Gasteiger partial charge in [-0.1, -0.05) is 47.7 Å². The van der Waals surface area contributed by atoms with Crippen molar-refractivity contribution in [2.75, 3.05) is 30.6 Å². The first-order chi connectivity index (χ1) is 17.1. The molecule has 180 valence electrons. The Bertz CT molecular complexity index is 1280. The largest absolute Gasteiger partial charge is 0.497 e. The molecule has 0 aliphatic rings. The normalized spacial score (nSPS) is 10.6. The molecule has 0 aliphatic heterocycles. The van der Waals surface area contributed by atoms with Crippen molar-refractivity contribution in [2.45, 2.75) is 18.6 Å². The van der Waals surface area contributed by atoms with Crippen LogP contribution in [0.2, 0.25) is 0 Å². The van der Waals surface area contributed by atoms with Crippen molar-refractivity contribution in [1.29, 1.82) is 0 Å². The number of aryl methyl sites for hydroxylation is 1. The summed E-state index contributed by atoms with van der Waals surface area (Å²) in [4.78, 5) is 12.7. The molecule has 1 aromatic heterocycles. The standard InChI is InChI=1S/C26H27N5O3S/c1-18-9-11-19(12-10-18)27-16-24-29-30-26(31(24)20-7-5-4-6-8-20)35-17-25(32)28-22-14-13-21(33-2)15-23(22)34-3/h4-15,27H,16-17H2,1-3H3,(H,28,32). The molecule has 0 aliphatic carbocycles. The van der Waals surface area contributed by atoms with Crippen molar-refractivity contribution < 1.29 is 14.3 Å². The zero-order valence-corrected chi connectivity index (χ0v) is 20.6. The number of carbonyl (C=O) groups is 1. The second-order valence-corrected chi connectivity index (χ2v) is 8.63. The number of nitrogens with one attached hydrogen (secondary N) is 2. The highest BCUT2D eigenvalue weighted by molar-refractivity contribution is 7.99. The number of para-hydroxylation sites is 1. The molecule has 1 heterocycles. The summed E-state index contributed by atoms with van der Waals surface area (Å²) >= 11 is 1.32. The van der Waals surface area contributed by atoms with Crippen molar-refractivity contribution in [2.24, 2.45) is 0 Å². The van der Waals surface area contributed by atoms with E-state index in [1.54, 1.807) is 32.4 Å². The molecule has 8 nitrogen and oxygen atoms in total. The molecule has 0 saturated heterocycles. The van der Waals surface area contributed by atoms with E-state index in [0.717, 1.165) is 17.2 Å². The van der Waals surface area contributed by atoms with Gasteiger partial charge >= 0.3 is 0 Å². The van der Waals surface area contributed by atoms with Crippen LogP contribution in [-0.4, -0.2) is 40.6 Å². The summed E-state index contributed by atoms with van der Waals surface area (Å²) in [5.41, 5.74) is 3.71. The average Bonchev–Trinajstić information content (AvgIpc) is 3.30. The lowest BCUT2D eigenvalue weighted by Crippen LogP contribution is -2.15. The molecule has 0 bridgehead atoms. The van der Waals surface area contributed by atoms with Crippen molar-refractivity contribution in [3.05, 3.63) is 84.2 Å². The summed E-state index contributed by atoms with van der Waals surface area (Å²) in [6.45, 7) is 2.54. The second kappa shape index (κ2) is 11.4. The number of ether oxygens (including phenoxy) is 2. The van der Waals surface area contributed by atoms with Crippen molar-refractivity contribution in [3.63, 3.8) is 0 Å². The van der Waals surface area contributed by atoms with Crippen LogP contribution in [0.25, 0.3) is 5.69 Å². The zero-order chi connectivity index (χ0) is 24.6. The minimum atomic E-state index is -0.180. The van der Waals surface area contributed by atoms with E-state index in [4.69, 9.17) is 9.47 Å². The maximum Gasteiger partial charge on any atom is 0.234 e. The van der Waals surface area contributed by atoms with Gasteiger partial charge in [0.25, 0.3) is 0 Å². The van der Waals surface area contributed by atoms with Crippen LogP contribution >= 0.6 is 11.8 Å². The zero-order valence-electron chi connectivity index (χ0n) is 19.8. The van der Waals surface area contributed by atoms with E-state index in [1.165, 1.54) is 17.3 Å². The van der Waals surface area contributed by atoms with Gasteiger partial charge in [0.15, 0.2) is 11.0 Å². The summed E-state index contributed by atoms with van der Waals surface area (Å²) in [5, 5.41) is 15.7. The molecule has 0 fully saturated rings. The van der Waals surface area contributed by atoms with Gasteiger partial charge in [-0.25, -0.2) is 0 Å². The summed E-state index contributed by atoms with van der Waals surface area (Å²) in [6.07, 6.45) is 0. The molecular formula is C26H27N5O3S. The Morgan fingerprint density at radius 3 is 2.46 bits per heavy atom. The average molecular weight is 490 g/mol. The molecule has 1 amide bonds. The first-order valence-electron chi connectivity index (χ1n) is 11.0. The number of thioether (sulfide) groups is 1. The van der Waals surface area contributed by atoms with Crippen LogP contribution < -0.4 is 20.1 Å². The summed E-state index contributed by atoms with van der Waals surface area (Å²) in [7, 11) is 3.13. The highest BCUT2D eigenvalue weighted by Gasteiger charge is 2.17. The minimum Gasteiger partial charge on any atom is -0.497 e. The molecule has 0 spiro atoms. The van der Waals surface area contributed by atoms with Crippen LogP contribution in [-0.2, 0) is 11.3 Å². The number of rotatable bonds is 10. The molecule has 0 atom stereocenters. The Morgan fingerprint density at radius 1 is 0.971 bits per heavy atom. The Labute approximate surface area is 208 Å². The SMILES string of the molecule is COc1ccc(NC(=O)CSc2nnc(CNc3ccc(C)cc3)n2-c2ccccc2)c(OC)c1. The van der Waals surface area contributed by atoms with Crippen LogP contribution in [0.15, 0.2) is 78.0 Å². The molecule has 3 aromatic carbocycles. The minimum absolute atomic E-state index is 0.158. The maximum atomic E-state index is 12.7. The van der Waals surface area contributed by atoms with E-state index >= 15 is 0 Å². The van der Waals surface area contributed by atoms with Gasteiger partial charge in [-0.05, 0) is 43.3 Å². The van der Waals surface area contributed by atoms with Gasteiger partial charge in [0, 0.05) is 17.4 Å². The van der Waals surface area contributed by atoms with Crippen LogP contribution in [0, 0.1) is 6.92 Å². The van der Waals surface area contributed by atoms with Gasteiger partial charge in [0.2, 0.25) is 5.91 Å². The Kier molecular flexibility index (Phi) is 7.89. The maximum absolute atomic E-state index is 12.7. The van der Waals surface area contributed by atoms with Crippen molar-refractivity contribution in [3.8, 4) is 17.2 Å². The Morgan fingerprint density at radius 2 is 1.74 bits per heavy atom. The number of methoxy groups -OCH3 is 2. The van der Waals surface area contributed by atoms with Crippen LogP contribution in [0.1, 0.15) is 11.4 Å². The van der Waals surface area contributed by atoms with Gasteiger partial charge < -0.3 is 20.1 Å². The molecule has 0 unspecified atom stereocenters. The van der Waals surface area contributed by atoms with E-state index in [0.29, 0.717) is 28.9 Å². The number of aromatic nitrogens is 3. The number of amides is 1. The molecule has 9 heteroatoms. The highest BCUT2D eigenvalue weighted by Crippen LogP contribution is 2.29. The quantitative estimate of drug-likeness (QED) is 0.305. The number of carbonyl (C=O) groups excluding carboxylic acids is 1. The lowest BCUT2D eigenvalue weighted by molar-refractivity contribution is -0.113. The van der Waals surface area contributed by atoms with E-state index in [9.17, 15) is 4.79 Å². The summed E-state index contributed by atoms with van der Waals surface area (Å²) in [5.74, 6) is 1.90. The molecule has 0 radical (unpaired) electrons. The first kappa shape index (κ1) is 24.2. The van der Waals surface area contributed by atoms with Gasteiger partial charge in [-0.15, -0.1) is 10.2 Å². The monoisotopic (exact) mass is 489 g/mol. The topological polar surface area (TPSA) is 90.3 Å². The van der Waals surface area contributed by atoms with Crippen molar-refractivity contribution >= 4 is 29.0 Å². The Balaban J connectivity index is 1.48. The third-order valence-electron chi connectivity index (χ3n) is 5.23. The highest BCUT2D eigenvalue weighted by atomic mass is 32.2. The fraction of sp³-hybridized carbons (Fsp3) is 0.192. The van der Waals surface area contributed by atoms with E-state index < -0.39 is 0 Å². The van der Waals surface area contributed by atoms with Crippen LogP contribution in [0.4, 0.5) is 11.4 Å². The van der Waals surface area contributed by atoms with Crippen molar-refractivity contribution in [1.82, 2.24) is 14.8 Å². The van der Waals surface area contributed by atoms with Gasteiger partial charge in [0.05, 0.1) is 32.2 Å². The van der Waals surface area contributed by atoms with E-state index in [2.05, 4.69) is 39.9 Å². The first-order valence-corrected chi connectivity index (χ1v) is 12.0. The lowest BCUT2D eigenvalue weighted by atomic mass is 10.2. The third-order valence-corrected chi connectivity index (χ3v) is 6.16. The molecule has 4 rings (SSSR count). The number of anilines is 2. The van der Waals surface area contributed by atoms with Gasteiger partial charge in [-0.3, -0.25) is 9.36 Å². The fourth-order valence-electron chi connectivity index (χ4n) is 3.42. The smallest absolute Gasteiger partial charge is 0.234 e. The Hall–Kier alpha value is -3.98. The third kappa shape index (κ3) is 6.13. The fourth-order valence-corrected chi connectivity index (χ4v) is 4.19. The number of hydrogen-bond donors (Lipinski definition) is 2. The van der Waals surface area contributed by atoms with Gasteiger partial charge in [0.1, 0.15) is 11.5 Å². The molecule has 2 N–H and O–H groups in total.